The molecular formula is C25H36N2. The minimum absolute atomic E-state index is 0.568. The summed E-state index contributed by atoms with van der Waals surface area (Å²) in [5.74, 6) is 0. The van der Waals surface area contributed by atoms with Gasteiger partial charge in [-0.2, -0.15) is 0 Å². The Morgan fingerprint density at radius 1 is 0.852 bits per heavy atom. The lowest BCUT2D eigenvalue weighted by Crippen LogP contribution is -2.55. The molecule has 0 N–H and O–H groups in total. The zero-order valence-electron chi connectivity index (χ0n) is 17.8. The number of hydrogen-bond acceptors (Lipinski definition) is 2. The molecule has 0 spiro atoms. The standard InChI is InChI=1S/C23H30N2.C2H6/c1-18(2)23-12-10-22(11-13-23)16-24-14-19(3)25(20(4)15-24)17-21-8-6-5-7-9-21;1-2/h5-13,19-20H,1,14-17H2,2-4H3;1-2H3/t19-,20?;/m1./s1. The Morgan fingerprint density at radius 2 is 1.37 bits per heavy atom. The van der Waals surface area contributed by atoms with E-state index in [0.29, 0.717) is 12.1 Å². The van der Waals surface area contributed by atoms with Crippen molar-refractivity contribution in [3.05, 3.63) is 77.9 Å². The van der Waals surface area contributed by atoms with Crippen molar-refractivity contribution in [2.24, 2.45) is 0 Å². The van der Waals surface area contributed by atoms with Crippen LogP contribution >= 0.6 is 0 Å². The van der Waals surface area contributed by atoms with E-state index >= 15 is 0 Å². The average Bonchev–Trinajstić information content (AvgIpc) is 2.67. The molecule has 27 heavy (non-hydrogen) atoms. The summed E-state index contributed by atoms with van der Waals surface area (Å²) in [6.07, 6.45) is 0. The molecule has 1 saturated heterocycles. The zero-order chi connectivity index (χ0) is 19.8. The van der Waals surface area contributed by atoms with Crippen LogP contribution in [0.3, 0.4) is 0 Å². The molecule has 0 bridgehead atoms. The zero-order valence-corrected chi connectivity index (χ0v) is 17.8. The predicted octanol–water partition coefficient (Wildman–Crippen LogP) is 5.84. The summed E-state index contributed by atoms with van der Waals surface area (Å²) in [6.45, 7) is 19.1. The molecule has 0 saturated carbocycles. The van der Waals surface area contributed by atoms with E-state index in [4.69, 9.17) is 0 Å². The first-order valence-electron chi connectivity index (χ1n) is 10.3. The predicted molar refractivity (Wildman–Crippen MR) is 119 cm³/mol. The van der Waals surface area contributed by atoms with Crippen LogP contribution in [-0.2, 0) is 13.1 Å². The van der Waals surface area contributed by atoms with Crippen LogP contribution < -0.4 is 0 Å². The molecule has 1 aliphatic rings. The van der Waals surface area contributed by atoms with Crippen molar-refractivity contribution >= 4 is 5.57 Å². The summed E-state index contributed by atoms with van der Waals surface area (Å²) in [5, 5.41) is 0. The third-order valence-electron chi connectivity index (χ3n) is 5.24. The second-order valence-corrected chi connectivity index (χ2v) is 7.53. The average molecular weight is 365 g/mol. The third-order valence-corrected chi connectivity index (χ3v) is 5.24. The highest BCUT2D eigenvalue weighted by atomic mass is 15.3. The fraction of sp³-hybridized carbons (Fsp3) is 0.440. The topological polar surface area (TPSA) is 6.48 Å². The Kier molecular flexibility index (Phi) is 8.27. The number of nitrogens with zero attached hydrogens (tertiary/aromatic N) is 2. The van der Waals surface area contributed by atoms with E-state index in [2.05, 4.69) is 91.7 Å². The Morgan fingerprint density at radius 3 is 1.89 bits per heavy atom. The van der Waals surface area contributed by atoms with E-state index in [1.807, 2.05) is 13.8 Å². The summed E-state index contributed by atoms with van der Waals surface area (Å²) in [5.41, 5.74) is 5.16. The fourth-order valence-corrected chi connectivity index (χ4v) is 3.85. The molecule has 0 radical (unpaired) electrons. The van der Waals surface area contributed by atoms with Gasteiger partial charge in [-0.25, -0.2) is 0 Å². The quantitative estimate of drug-likeness (QED) is 0.657. The second kappa shape index (κ2) is 10.4. The monoisotopic (exact) mass is 364 g/mol. The van der Waals surface area contributed by atoms with Crippen LogP contribution in [0.5, 0.6) is 0 Å². The van der Waals surface area contributed by atoms with Gasteiger partial charge >= 0.3 is 0 Å². The molecule has 0 aliphatic carbocycles. The van der Waals surface area contributed by atoms with Gasteiger partial charge in [-0.15, -0.1) is 0 Å². The van der Waals surface area contributed by atoms with Crippen LogP contribution in [0.15, 0.2) is 61.2 Å². The lowest BCUT2D eigenvalue weighted by Gasteiger charge is -2.44. The number of piperazine rings is 1. The van der Waals surface area contributed by atoms with Gasteiger partial charge in [0.05, 0.1) is 0 Å². The highest BCUT2D eigenvalue weighted by Gasteiger charge is 2.29. The summed E-state index contributed by atoms with van der Waals surface area (Å²) in [4.78, 5) is 5.22. The van der Waals surface area contributed by atoms with Gasteiger partial charge in [0.25, 0.3) is 0 Å². The first-order chi connectivity index (χ1) is 13.0. The van der Waals surface area contributed by atoms with E-state index in [9.17, 15) is 0 Å². The molecule has 2 nitrogen and oxygen atoms in total. The minimum Gasteiger partial charge on any atom is -0.296 e. The summed E-state index contributed by atoms with van der Waals surface area (Å²) in [6, 6.07) is 20.8. The maximum absolute atomic E-state index is 4.02. The van der Waals surface area contributed by atoms with Crippen LogP contribution in [0, 0.1) is 0 Å². The molecule has 0 amide bonds. The SMILES string of the molecule is C=C(C)c1ccc(CN2CC(C)N(Cc3ccccc3)[C@H](C)C2)cc1.CC. The first kappa shape index (κ1) is 21.4. The molecule has 1 aliphatic heterocycles. The van der Waals surface area contributed by atoms with Gasteiger partial charge in [0.15, 0.2) is 0 Å². The molecule has 1 fully saturated rings. The summed E-state index contributed by atoms with van der Waals surface area (Å²) >= 11 is 0. The van der Waals surface area contributed by atoms with Gasteiger partial charge in [-0.1, -0.05) is 80.6 Å². The van der Waals surface area contributed by atoms with E-state index in [0.717, 1.165) is 31.8 Å². The van der Waals surface area contributed by atoms with Crippen molar-refractivity contribution in [1.82, 2.24) is 9.80 Å². The Labute approximate surface area is 166 Å². The molecule has 2 aromatic carbocycles. The van der Waals surface area contributed by atoms with Gasteiger partial charge in [0.1, 0.15) is 0 Å². The molecule has 2 atom stereocenters. The lowest BCUT2D eigenvalue weighted by atomic mass is 10.0. The summed E-state index contributed by atoms with van der Waals surface area (Å²) < 4.78 is 0. The van der Waals surface area contributed by atoms with Crippen molar-refractivity contribution in [2.45, 2.75) is 59.8 Å². The molecule has 3 rings (SSSR count). The Bertz CT molecular complexity index is 678. The van der Waals surface area contributed by atoms with Crippen LogP contribution in [-0.4, -0.2) is 35.0 Å². The number of allylic oxidation sites excluding steroid dienone is 1. The molecular weight excluding hydrogens is 328 g/mol. The van der Waals surface area contributed by atoms with Crippen LogP contribution in [0.2, 0.25) is 0 Å². The first-order valence-corrected chi connectivity index (χ1v) is 10.3. The van der Waals surface area contributed by atoms with E-state index in [1.54, 1.807) is 0 Å². The molecule has 146 valence electrons. The maximum atomic E-state index is 4.02. The summed E-state index contributed by atoms with van der Waals surface area (Å²) in [7, 11) is 0. The second-order valence-electron chi connectivity index (χ2n) is 7.53. The normalized spacial score (nSPS) is 20.6. The number of hydrogen-bond donors (Lipinski definition) is 0. The number of rotatable bonds is 5. The van der Waals surface area contributed by atoms with Crippen molar-refractivity contribution in [3.63, 3.8) is 0 Å². The van der Waals surface area contributed by atoms with Gasteiger partial charge in [-0.05, 0) is 37.5 Å². The smallest absolute Gasteiger partial charge is 0.0240 e. The molecule has 1 heterocycles. The van der Waals surface area contributed by atoms with Gasteiger partial charge in [-0.3, -0.25) is 9.80 Å². The molecule has 2 heteroatoms. The molecule has 1 unspecified atom stereocenters. The van der Waals surface area contributed by atoms with E-state index in [1.165, 1.54) is 16.7 Å². The van der Waals surface area contributed by atoms with Crippen molar-refractivity contribution in [2.75, 3.05) is 13.1 Å². The fourth-order valence-electron chi connectivity index (χ4n) is 3.85. The van der Waals surface area contributed by atoms with Crippen LogP contribution in [0.25, 0.3) is 5.57 Å². The molecule has 0 aromatic heterocycles. The Balaban J connectivity index is 0.00000126. The van der Waals surface area contributed by atoms with Crippen LogP contribution in [0.4, 0.5) is 0 Å². The van der Waals surface area contributed by atoms with E-state index < -0.39 is 0 Å². The van der Waals surface area contributed by atoms with Gasteiger partial charge in [0, 0.05) is 38.3 Å². The third kappa shape index (κ3) is 6.05. The Hall–Kier alpha value is -1.90. The van der Waals surface area contributed by atoms with Gasteiger partial charge < -0.3 is 0 Å². The highest BCUT2D eigenvalue weighted by Crippen LogP contribution is 2.21. The number of benzene rings is 2. The largest absolute Gasteiger partial charge is 0.296 e. The van der Waals surface area contributed by atoms with Crippen molar-refractivity contribution < 1.29 is 0 Å². The lowest BCUT2D eigenvalue weighted by molar-refractivity contribution is 0.0290. The minimum atomic E-state index is 0.568. The molecule has 2 aromatic rings. The highest BCUT2D eigenvalue weighted by molar-refractivity contribution is 5.61. The van der Waals surface area contributed by atoms with Gasteiger partial charge in [0.2, 0.25) is 0 Å². The van der Waals surface area contributed by atoms with Crippen LogP contribution in [0.1, 0.15) is 51.3 Å². The van der Waals surface area contributed by atoms with Crippen molar-refractivity contribution in [3.8, 4) is 0 Å². The maximum Gasteiger partial charge on any atom is 0.0240 e. The van der Waals surface area contributed by atoms with Crippen molar-refractivity contribution in [1.29, 1.82) is 0 Å². The van der Waals surface area contributed by atoms with E-state index in [-0.39, 0.29) is 0 Å².